The lowest BCUT2D eigenvalue weighted by atomic mass is 10.0. The number of halogens is 1. The summed E-state index contributed by atoms with van der Waals surface area (Å²) in [7, 11) is 0. The number of rotatable bonds is 1. The van der Waals surface area contributed by atoms with Gasteiger partial charge in [-0.25, -0.2) is 4.98 Å². The predicted molar refractivity (Wildman–Crippen MR) is 76.6 cm³/mol. The zero-order valence-electron chi connectivity index (χ0n) is 9.60. The van der Waals surface area contributed by atoms with Gasteiger partial charge in [-0.3, -0.25) is 0 Å². The number of nitrogen functional groups attached to an aromatic ring is 1. The molecule has 18 heavy (non-hydrogen) atoms. The second-order valence-electron chi connectivity index (χ2n) is 4.15. The highest BCUT2D eigenvalue weighted by atomic mass is 35.5. The van der Waals surface area contributed by atoms with E-state index < -0.39 is 0 Å². The summed E-state index contributed by atoms with van der Waals surface area (Å²) in [6.45, 7) is 0. The molecule has 0 spiro atoms. The second kappa shape index (κ2) is 4.31. The number of nitrogens with zero attached hydrogens (tertiary/aromatic N) is 1. The van der Waals surface area contributed by atoms with Crippen LogP contribution in [0.2, 0.25) is 5.02 Å². The van der Waals surface area contributed by atoms with E-state index >= 15 is 0 Å². The first-order valence-corrected chi connectivity index (χ1v) is 6.02. The van der Waals surface area contributed by atoms with Gasteiger partial charge in [-0.1, -0.05) is 41.9 Å². The Morgan fingerprint density at radius 2 is 1.78 bits per heavy atom. The minimum atomic E-state index is 0.535. The number of hydrogen-bond acceptors (Lipinski definition) is 2. The van der Waals surface area contributed by atoms with E-state index in [4.69, 9.17) is 17.3 Å². The normalized spacial score (nSPS) is 10.7. The molecule has 0 unspecified atom stereocenters. The molecule has 1 aromatic heterocycles. The summed E-state index contributed by atoms with van der Waals surface area (Å²) in [5.41, 5.74) is 7.77. The van der Waals surface area contributed by atoms with Crippen LogP contribution in [-0.2, 0) is 0 Å². The van der Waals surface area contributed by atoms with E-state index in [1.807, 2.05) is 42.5 Å². The Morgan fingerprint density at radius 3 is 2.61 bits per heavy atom. The summed E-state index contributed by atoms with van der Waals surface area (Å²) in [4.78, 5) is 4.11. The average molecular weight is 255 g/mol. The van der Waals surface area contributed by atoms with Gasteiger partial charge >= 0.3 is 0 Å². The van der Waals surface area contributed by atoms with Gasteiger partial charge in [-0.05, 0) is 29.1 Å². The predicted octanol–water partition coefficient (Wildman–Crippen LogP) is 4.14. The molecular formula is C15H11ClN2. The van der Waals surface area contributed by atoms with Crippen molar-refractivity contribution in [2.45, 2.75) is 0 Å². The molecule has 0 aliphatic carbocycles. The van der Waals surface area contributed by atoms with E-state index in [-0.39, 0.29) is 0 Å². The molecule has 2 nitrogen and oxygen atoms in total. The minimum absolute atomic E-state index is 0.535. The lowest BCUT2D eigenvalue weighted by molar-refractivity contribution is 1.37. The average Bonchev–Trinajstić information content (AvgIpc) is 2.39. The van der Waals surface area contributed by atoms with Crippen molar-refractivity contribution in [1.29, 1.82) is 0 Å². The smallest absolute Gasteiger partial charge is 0.123 e. The van der Waals surface area contributed by atoms with Crippen molar-refractivity contribution in [3.05, 3.63) is 59.8 Å². The fraction of sp³-hybridized carbons (Fsp3) is 0. The summed E-state index contributed by atoms with van der Waals surface area (Å²) in [6.07, 6.45) is 1.78. The van der Waals surface area contributed by atoms with Crippen LogP contribution in [0.5, 0.6) is 0 Å². The van der Waals surface area contributed by atoms with Crippen LogP contribution in [0, 0.1) is 0 Å². The maximum atomic E-state index is 6.20. The lowest BCUT2D eigenvalue weighted by Crippen LogP contribution is -1.89. The number of nitrogens with two attached hydrogens (primary N) is 1. The Kier molecular flexibility index (Phi) is 2.65. The highest BCUT2D eigenvalue weighted by molar-refractivity contribution is 6.33. The number of fused-ring (bicyclic) bond motifs is 1. The van der Waals surface area contributed by atoms with Gasteiger partial charge in [-0.2, -0.15) is 0 Å². The molecule has 3 heteroatoms. The molecular weight excluding hydrogens is 244 g/mol. The first kappa shape index (κ1) is 11.1. The van der Waals surface area contributed by atoms with Gasteiger partial charge in [0.1, 0.15) is 5.82 Å². The first-order chi connectivity index (χ1) is 8.74. The summed E-state index contributed by atoms with van der Waals surface area (Å²) in [6, 6.07) is 15.8. The van der Waals surface area contributed by atoms with Crippen LogP contribution in [0.1, 0.15) is 0 Å². The largest absolute Gasteiger partial charge is 0.384 e. The molecule has 2 aromatic carbocycles. The topological polar surface area (TPSA) is 38.9 Å². The van der Waals surface area contributed by atoms with Gasteiger partial charge in [-0.15, -0.1) is 0 Å². The Bertz CT molecular complexity index is 723. The van der Waals surface area contributed by atoms with Crippen molar-refractivity contribution in [2.24, 2.45) is 0 Å². The van der Waals surface area contributed by atoms with Gasteiger partial charge < -0.3 is 5.73 Å². The Morgan fingerprint density at radius 1 is 0.944 bits per heavy atom. The number of pyridine rings is 1. The van der Waals surface area contributed by atoms with E-state index in [1.165, 1.54) is 0 Å². The van der Waals surface area contributed by atoms with Crippen molar-refractivity contribution in [1.82, 2.24) is 4.98 Å². The van der Waals surface area contributed by atoms with Gasteiger partial charge in [0.25, 0.3) is 0 Å². The second-order valence-corrected chi connectivity index (χ2v) is 4.56. The van der Waals surface area contributed by atoms with E-state index in [1.54, 1.807) is 6.20 Å². The first-order valence-electron chi connectivity index (χ1n) is 5.64. The zero-order chi connectivity index (χ0) is 12.5. The van der Waals surface area contributed by atoms with Crippen LogP contribution in [-0.4, -0.2) is 4.98 Å². The van der Waals surface area contributed by atoms with Crippen LogP contribution in [0.25, 0.3) is 21.9 Å². The monoisotopic (exact) mass is 254 g/mol. The number of aromatic nitrogens is 1. The molecule has 0 fully saturated rings. The number of benzene rings is 2. The summed E-state index contributed by atoms with van der Waals surface area (Å²) in [5.74, 6) is 0.535. The summed E-state index contributed by atoms with van der Waals surface area (Å²) >= 11 is 6.20. The van der Waals surface area contributed by atoms with Crippen molar-refractivity contribution in [3.8, 4) is 11.1 Å². The quantitative estimate of drug-likeness (QED) is 0.709. The SMILES string of the molecule is Nc1cc2ccc(-c3ccccc3Cl)cc2cn1. The third-order valence-electron chi connectivity index (χ3n) is 2.93. The maximum absolute atomic E-state index is 6.20. The highest BCUT2D eigenvalue weighted by Gasteiger charge is 2.04. The Labute approximate surface area is 110 Å². The van der Waals surface area contributed by atoms with Crippen LogP contribution in [0.4, 0.5) is 5.82 Å². The highest BCUT2D eigenvalue weighted by Crippen LogP contribution is 2.30. The fourth-order valence-electron chi connectivity index (χ4n) is 2.02. The molecule has 0 radical (unpaired) electrons. The van der Waals surface area contributed by atoms with Crippen LogP contribution in [0.3, 0.4) is 0 Å². The molecule has 2 N–H and O–H groups in total. The molecule has 0 saturated heterocycles. The third kappa shape index (κ3) is 1.91. The Balaban J connectivity index is 2.20. The molecule has 0 aliphatic rings. The minimum Gasteiger partial charge on any atom is -0.384 e. The molecule has 1 heterocycles. The van der Waals surface area contributed by atoms with Crippen molar-refractivity contribution < 1.29 is 0 Å². The molecule has 3 rings (SSSR count). The molecule has 88 valence electrons. The van der Waals surface area contributed by atoms with Crippen molar-refractivity contribution in [2.75, 3.05) is 5.73 Å². The van der Waals surface area contributed by atoms with Crippen LogP contribution >= 0.6 is 11.6 Å². The molecule has 0 saturated carbocycles. The standard InChI is InChI=1S/C15H11ClN2/c16-14-4-2-1-3-13(14)11-6-5-10-8-15(17)18-9-12(10)7-11/h1-9H,(H2,17,18). The van der Waals surface area contributed by atoms with Gasteiger partial charge in [0.05, 0.1) is 0 Å². The number of hydrogen-bond donors (Lipinski definition) is 1. The van der Waals surface area contributed by atoms with Crippen molar-refractivity contribution in [3.63, 3.8) is 0 Å². The molecule has 0 atom stereocenters. The fourth-order valence-corrected chi connectivity index (χ4v) is 2.27. The lowest BCUT2D eigenvalue weighted by Gasteiger charge is -2.06. The summed E-state index contributed by atoms with van der Waals surface area (Å²) in [5, 5.41) is 2.89. The van der Waals surface area contributed by atoms with E-state index in [0.717, 1.165) is 26.9 Å². The van der Waals surface area contributed by atoms with E-state index in [0.29, 0.717) is 5.82 Å². The van der Waals surface area contributed by atoms with E-state index in [2.05, 4.69) is 11.1 Å². The van der Waals surface area contributed by atoms with Gasteiger partial charge in [0, 0.05) is 22.2 Å². The summed E-state index contributed by atoms with van der Waals surface area (Å²) < 4.78 is 0. The maximum Gasteiger partial charge on any atom is 0.123 e. The molecule has 0 aliphatic heterocycles. The zero-order valence-corrected chi connectivity index (χ0v) is 10.4. The van der Waals surface area contributed by atoms with Crippen molar-refractivity contribution >= 4 is 28.2 Å². The third-order valence-corrected chi connectivity index (χ3v) is 3.26. The Hall–Kier alpha value is -2.06. The van der Waals surface area contributed by atoms with Gasteiger partial charge in [0.15, 0.2) is 0 Å². The van der Waals surface area contributed by atoms with E-state index in [9.17, 15) is 0 Å². The molecule has 0 amide bonds. The van der Waals surface area contributed by atoms with Gasteiger partial charge in [0.2, 0.25) is 0 Å². The van der Waals surface area contributed by atoms with Crippen LogP contribution in [0.15, 0.2) is 54.7 Å². The molecule has 0 bridgehead atoms. The van der Waals surface area contributed by atoms with Crippen LogP contribution < -0.4 is 5.73 Å². The number of anilines is 1. The molecule has 3 aromatic rings.